The van der Waals surface area contributed by atoms with Gasteiger partial charge in [-0.15, -0.1) is 0 Å². The van der Waals surface area contributed by atoms with Crippen LogP contribution < -0.4 is 5.32 Å². The molecule has 0 saturated heterocycles. The predicted molar refractivity (Wildman–Crippen MR) is 103 cm³/mol. The van der Waals surface area contributed by atoms with Gasteiger partial charge in [0.05, 0.1) is 36.7 Å². The first kappa shape index (κ1) is 17.4. The van der Waals surface area contributed by atoms with Gasteiger partial charge in [-0.25, -0.2) is 0 Å². The topological polar surface area (TPSA) is 72.7 Å². The van der Waals surface area contributed by atoms with Crippen molar-refractivity contribution in [2.75, 3.05) is 6.54 Å². The normalized spacial score (nSPS) is 13.5. The van der Waals surface area contributed by atoms with Gasteiger partial charge in [-0.2, -0.15) is 5.10 Å². The fourth-order valence-corrected chi connectivity index (χ4v) is 3.37. The Morgan fingerprint density at radius 2 is 2.15 bits per heavy atom. The third-order valence-electron chi connectivity index (χ3n) is 4.78. The minimum Gasteiger partial charge on any atom is -0.354 e. The number of nitrogens with one attached hydrogen (secondary N) is 1. The molecule has 6 heteroatoms. The predicted octanol–water partition coefficient (Wildman–Crippen LogP) is 2.88. The maximum absolute atomic E-state index is 12.2. The van der Waals surface area contributed by atoms with Gasteiger partial charge in [0.15, 0.2) is 0 Å². The molecule has 4 rings (SSSR count). The molecule has 1 aliphatic rings. The van der Waals surface area contributed by atoms with Crippen LogP contribution in [0.15, 0.2) is 49.1 Å². The minimum atomic E-state index is 0.0369. The van der Waals surface area contributed by atoms with Gasteiger partial charge >= 0.3 is 0 Å². The Kier molecular flexibility index (Phi) is 4.96. The lowest BCUT2D eigenvalue weighted by molar-refractivity contribution is -0.120. The van der Waals surface area contributed by atoms with Gasteiger partial charge in [0, 0.05) is 30.4 Å². The van der Waals surface area contributed by atoms with Crippen LogP contribution in [0, 0.1) is 6.92 Å². The zero-order valence-electron chi connectivity index (χ0n) is 15.4. The number of amides is 1. The summed E-state index contributed by atoms with van der Waals surface area (Å²) in [5.74, 6) is 0.572. The number of hydrogen-bond acceptors (Lipinski definition) is 4. The molecular formula is C21H23N5O. The lowest BCUT2D eigenvalue weighted by atomic mass is 10.1. The zero-order valence-corrected chi connectivity index (χ0v) is 15.4. The van der Waals surface area contributed by atoms with Crippen molar-refractivity contribution in [2.45, 2.75) is 38.6 Å². The van der Waals surface area contributed by atoms with Crippen molar-refractivity contribution in [1.82, 2.24) is 25.1 Å². The van der Waals surface area contributed by atoms with Crippen molar-refractivity contribution in [3.05, 3.63) is 65.9 Å². The maximum atomic E-state index is 12.2. The summed E-state index contributed by atoms with van der Waals surface area (Å²) >= 11 is 0. The Hall–Kier alpha value is -3.02. The van der Waals surface area contributed by atoms with E-state index in [-0.39, 0.29) is 5.91 Å². The molecule has 138 valence electrons. The van der Waals surface area contributed by atoms with Gasteiger partial charge in [-0.3, -0.25) is 19.4 Å². The summed E-state index contributed by atoms with van der Waals surface area (Å²) in [7, 11) is 0. The Labute approximate surface area is 158 Å². The van der Waals surface area contributed by atoms with Gasteiger partial charge < -0.3 is 5.32 Å². The van der Waals surface area contributed by atoms with Gasteiger partial charge in [0.1, 0.15) is 0 Å². The van der Waals surface area contributed by atoms with Crippen molar-refractivity contribution >= 4 is 5.91 Å². The van der Waals surface area contributed by atoms with Gasteiger partial charge in [-0.05, 0) is 25.3 Å². The van der Waals surface area contributed by atoms with Gasteiger partial charge in [-0.1, -0.05) is 29.8 Å². The van der Waals surface area contributed by atoms with Gasteiger partial charge in [0.25, 0.3) is 0 Å². The first-order valence-corrected chi connectivity index (χ1v) is 9.35. The third kappa shape index (κ3) is 4.22. The lowest BCUT2D eigenvalue weighted by Crippen LogP contribution is -2.29. The van der Waals surface area contributed by atoms with E-state index in [2.05, 4.69) is 20.4 Å². The summed E-state index contributed by atoms with van der Waals surface area (Å²) in [4.78, 5) is 20.8. The smallest absolute Gasteiger partial charge is 0.224 e. The minimum absolute atomic E-state index is 0.0369. The van der Waals surface area contributed by atoms with E-state index in [0.29, 0.717) is 25.4 Å². The Morgan fingerprint density at radius 1 is 1.26 bits per heavy atom. The summed E-state index contributed by atoms with van der Waals surface area (Å²) in [6.45, 7) is 3.25. The number of aryl methyl sites for hydroxylation is 1. The molecule has 6 nitrogen and oxygen atoms in total. The molecular weight excluding hydrogens is 338 g/mol. The summed E-state index contributed by atoms with van der Waals surface area (Å²) in [6, 6.07) is 8.05. The second kappa shape index (κ2) is 7.70. The molecule has 3 aromatic rings. The Morgan fingerprint density at radius 3 is 2.89 bits per heavy atom. The molecule has 0 unspecified atom stereocenters. The van der Waals surface area contributed by atoms with Crippen molar-refractivity contribution in [2.24, 2.45) is 0 Å². The molecule has 0 radical (unpaired) electrons. The highest BCUT2D eigenvalue weighted by Gasteiger charge is 2.31. The Bertz CT molecular complexity index is 931. The van der Waals surface area contributed by atoms with Crippen LogP contribution in [0.2, 0.25) is 0 Å². The molecule has 2 aromatic heterocycles. The average molecular weight is 361 g/mol. The number of carbonyl (C=O) groups is 1. The average Bonchev–Trinajstić information content (AvgIpc) is 3.42. The fraction of sp³-hybridized carbons (Fsp3) is 0.333. The van der Waals surface area contributed by atoms with Crippen LogP contribution in [0.4, 0.5) is 0 Å². The highest BCUT2D eigenvalue weighted by Crippen LogP contribution is 2.43. The molecule has 2 heterocycles. The number of hydrogen-bond donors (Lipinski definition) is 1. The molecule has 0 spiro atoms. The molecule has 0 bridgehead atoms. The molecule has 1 aromatic carbocycles. The molecule has 27 heavy (non-hydrogen) atoms. The Balaban J connectivity index is 1.39. The molecule has 1 amide bonds. The monoisotopic (exact) mass is 361 g/mol. The molecule has 0 aliphatic heterocycles. The third-order valence-corrected chi connectivity index (χ3v) is 4.78. The molecule has 1 N–H and O–H groups in total. The first-order valence-electron chi connectivity index (χ1n) is 9.35. The summed E-state index contributed by atoms with van der Waals surface area (Å²) in [6.07, 6.45) is 9.78. The second-order valence-corrected chi connectivity index (χ2v) is 7.05. The zero-order chi connectivity index (χ0) is 18.6. The van der Waals surface area contributed by atoms with Crippen molar-refractivity contribution < 1.29 is 4.79 Å². The lowest BCUT2D eigenvalue weighted by Gasteiger charge is -2.10. The summed E-state index contributed by atoms with van der Waals surface area (Å²) in [5, 5.41) is 7.55. The number of aromatic nitrogens is 4. The van der Waals surface area contributed by atoms with E-state index >= 15 is 0 Å². The molecule has 1 saturated carbocycles. The van der Waals surface area contributed by atoms with Crippen LogP contribution in [0.5, 0.6) is 0 Å². The van der Waals surface area contributed by atoms with Crippen LogP contribution in [0.1, 0.15) is 35.6 Å². The van der Waals surface area contributed by atoms with Crippen molar-refractivity contribution in [1.29, 1.82) is 0 Å². The SMILES string of the molecule is Cc1cccc(CC(=O)NCCn2ncc(-c3cnccn3)c2C2CC2)c1. The van der Waals surface area contributed by atoms with Crippen LogP contribution >= 0.6 is 0 Å². The van der Waals surface area contributed by atoms with Crippen LogP contribution in [-0.2, 0) is 17.8 Å². The van der Waals surface area contributed by atoms with Crippen molar-refractivity contribution in [3.63, 3.8) is 0 Å². The number of benzene rings is 1. The highest BCUT2D eigenvalue weighted by atomic mass is 16.1. The second-order valence-electron chi connectivity index (χ2n) is 7.05. The highest BCUT2D eigenvalue weighted by molar-refractivity contribution is 5.78. The number of rotatable bonds is 7. The maximum Gasteiger partial charge on any atom is 0.224 e. The van der Waals surface area contributed by atoms with E-state index in [9.17, 15) is 4.79 Å². The van der Waals surface area contributed by atoms with Gasteiger partial charge in [0.2, 0.25) is 5.91 Å². The molecule has 0 atom stereocenters. The van der Waals surface area contributed by atoms with Crippen LogP contribution in [0.25, 0.3) is 11.3 Å². The number of nitrogens with zero attached hydrogens (tertiary/aromatic N) is 4. The van der Waals surface area contributed by atoms with E-state index in [1.807, 2.05) is 42.1 Å². The van der Waals surface area contributed by atoms with Crippen LogP contribution in [0.3, 0.4) is 0 Å². The largest absolute Gasteiger partial charge is 0.354 e. The number of carbonyl (C=O) groups excluding carboxylic acids is 1. The van der Waals surface area contributed by atoms with E-state index in [1.54, 1.807) is 18.6 Å². The van der Waals surface area contributed by atoms with E-state index in [0.717, 1.165) is 16.8 Å². The summed E-state index contributed by atoms with van der Waals surface area (Å²) < 4.78 is 2.01. The first-order chi connectivity index (χ1) is 13.2. The summed E-state index contributed by atoms with van der Waals surface area (Å²) in [5.41, 5.74) is 5.33. The van der Waals surface area contributed by atoms with E-state index < -0.39 is 0 Å². The fourth-order valence-electron chi connectivity index (χ4n) is 3.37. The molecule has 1 fully saturated rings. The molecule has 1 aliphatic carbocycles. The van der Waals surface area contributed by atoms with Crippen LogP contribution in [-0.4, -0.2) is 32.2 Å². The standard InChI is InChI=1S/C21H23N5O/c1-15-3-2-4-16(11-15)12-20(27)24-9-10-26-21(17-5-6-17)18(13-25-26)19-14-22-7-8-23-19/h2-4,7-8,11,13-14,17H,5-6,9-10,12H2,1H3,(H,24,27). The van der Waals surface area contributed by atoms with Crippen molar-refractivity contribution in [3.8, 4) is 11.3 Å². The van der Waals surface area contributed by atoms with E-state index in [1.165, 1.54) is 24.1 Å². The quantitative estimate of drug-likeness (QED) is 0.702. The van der Waals surface area contributed by atoms with E-state index in [4.69, 9.17) is 0 Å².